The molecule has 3 heterocycles. The standard InChI is InChI=1S/C21H29N3O3/c25-13-16-27-20-4-2-1-3-19(20)21-22-9-12-24(21)18-5-10-23(11-6-18)17-7-14-26-15-8-17/h1-4,9,12,17-18,25H,5-8,10-11,13-16H2. The molecular weight excluding hydrogens is 342 g/mol. The molecule has 1 N–H and O–H groups in total. The normalized spacial score (nSPS) is 20.0. The number of aliphatic hydroxyl groups is 1. The highest BCUT2D eigenvalue weighted by molar-refractivity contribution is 5.64. The molecular formula is C21H29N3O3. The predicted octanol–water partition coefficient (Wildman–Crippen LogP) is 2.74. The fourth-order valence-electron chi connectivity index (χ4n) is 4.33. The van der Waals surface area contributed by atoms with Crippen molar-refractivity contribution in [2.45, 2.75) is 37.8 Å². The van der Waals surface area contributed by atoms with Gasteiger partial charge in [-0.25, -0.2) is 4.98 Å². The summed E-state index contributed by atoms with van der Waals surface area (Å²) in [6.07, 6.45) is 8.57. The Kier molecular flexibility index (Phi) is 6.07. The monoisotopic (exact) mass is 371 g/mol. The van der Waals surface area contributed by atoms with Gasteiger partial charge in [0.2, 0.25) is 0 Å². The molecule has 0 bridgehead atoms. The van der Waals surface area contributed by atoms with Crippen molar-refractivity contribution in [3.05, 3.63) is 36.7 Å². The maximum Gasteiger partial charge on any atom is 0.143 e. The predicted molar refractivity (Wildman–Crippen MR) is 104 cm³/mol. The van der Waals surface area contributed by atoms with Crippen LogP contribution in [0.25, 0.3) is 11.4 Å². The smallest absolute Gasteiger partial charge is 0.143 e. The van der Waals surface area contributed by atoms with Gasteiger partial charge in [0.15, 0.2) is 0 Å². The van der Waals surface area contributed by atoms with Crippen LogP contribution < -0.4 is 4.74 Å². The van der Waals surface area contributed by atoms with E-state index < -0.39 is 0 Å². The Morgan fingerprint density at radius 1 is 1.07 bits per heavy atom. The molecule has 0 saturated carbocycles. The van der Waals surface area contributed by atoms with E-state index in [0.29, 0.717) is 18.7 Å². The highest BCUT2D eigenvalue weighted by atomic mass is 16.5. The van der Waals surface area contributed by atoms with Crippen LogP contribution in [0.15, 0.2) is 36.7 Å². The molecule has 0 amide bonds. The molecule has 0 spiro atoms. The summed E-state index contributed by atoms with van der Waals surface area (Å²) in [5.41, 5.74) is 0.989. The van der Waals surface area contributed by atoms with Gasteiger partial charge in [-0.3, -0.25) is 0 Å². The highest BCUT2D eigenvalue weighted by Crippen LogP contribution is 2.34. The summed E-state index contributed by atoms with van der Waals surface area (Å²) in [7, 11) is 0. The molecule has 1 aromatic heterocycles. The summed E-state index contributed by atoms with van der Waals surface area (Å²) in [5, 5.41) is 9.08. The summed E-state index contributed by atoms with van der Waals surface area (Å²) >= 11 is 0. The number of imidazole rings is 1. The second-order valence-corrected chi connectivity index (χ2v) is 7.34. The Hall–Kier alpha value is -1.89. The van der Waals surface area contributed by atoms with Crippen molar-refractivity contribution in [2.75, 3.05) is 39.5 Å². The Morgan fingerprint density at radius 3 is 2.63 bits per heavy atom. The van der Waals surface area contributed by atoms with Crippen molar-refractivity contribution in [3.8, 4) is 17.1 Å². The molecule has 1 aromatic carbocycles. The zero-order chi connectivity index (χ0) is 18.5. The van der Waals surface area contributed by atoms with Crippen LogP contribution >= 0.6 is 0 Å². The van der Waals surface area contributed by atoms with Crippen LogP contribution in [0, 0.1) is 0 Å². The molecule has 27 heavy (non-hydrogen) atoms. The van der Waals surface area contributed by atoms with E-state index >= 15 is 0 Å². The van der Waals surface area contributed by atoms with Gasteiger partial charge in [-0.1, -0.05) is 12.1 Å². The van der Waals surface area contributed by atoms with E-state index in [2.05, 4.69) is 20.6 Å². The molecule has 6 nitrogen and oxygen atoms in total. The number of hydrogen-bond acceptors (Lipinski definition) is 5. The van der Waals surface area contributed by atoms with E-state index in [1.165, 1.54) is 0 Å². The molecule has 0 radical (unpaired) electrons. The van der Waals surface area contributed by atoms with Gasteiger partial charge in [-0.05, 0) is 37.8 Å². The molecule has 146 valence electrons. The minimum atomic E-state index is 0.00738. The molecule has 0 unspecified atom stereocenters. The van der Waals surface area contributed by atoms with Crippen LogP contribution in [0.4, 0.5) is 0 Å². The van der Waals surface area contributed by atoms with Crippen LogP contribution in [0.3, 0.4) is 0 Å². The van der Waals surface area contributed by atoms with Gasteiger partial charge in [-0.15, -0.1) is 0 Å². The molecule has 2 aromatic rings. The van der Waals surface area contributed by atoms with Gasteiger partial charge in [0.1, 0.15) is 18.2 Å². The van der Waals surface area contributed by atoms with Crippen LogP contribution in [0.1, 0.15) is 31.7 Å². The van der Waals surface area contributed by atoms with Gasteiger partial charge >= 0.3 is 0 Å². The third-order valence-corrected chi connectivity index (χ3v) is 5.75. The van der Waals surface area contributed by atoms with E-state index in [0.717, 1.165) is 69.1 Å². The summed E-state index contributed by atoms with van der Waals surface area (Å²) in [6, 6.07) is 9.10. The highest BCUT2D eigenvalue weighted by Gasteiger charge is 2.28. The van der Waals surface area contributed by atoms with Crippen molar-refractivity contribution >= 4 is 0 Å². The lowest BCUT2D eigenvalue weighted by Crippen LogP contribution is -2.44. The number of rotatable bonds is 6. The number of nitrogens with zero attached hydrogens (tertiary/aromatic N) is 3. The Morgan fingerprint density at radius 2 is 1.85 bits per heavy atom. The zero-order valence-electron chi connectivity index (χ0n) is 15.8. The molecule has 2 aliphatic heterocycles. The number of piperidine rings is 1. The first kappa shape index (κ1) is 18.5. The quantitative estimate of drug-likeness (QED) is 0.846. The molecule has 2 saturated heterocycles. The number of hydrogen-bond donors (Lipinski definition) is 1. The Labute approximate surface area is 160 Å². The number of likely N-dealkylation sites (tertiary alicyclic amines) is 1. The lowest BCUT2D eigenvalue weighted by Gasteiger charge is -2.39. The lowest BCUT2D eigenvalue weighted by molar-refractivity contribution is 0.0220. The zero-order valence-corrected chi connectivity index (χ0v) is 15.8. The fourth-order valence-corrected chi connectivity index (χ4v) is 4.33. The SMILES string of the molecule is OCCOc1ccccc1-c1nccn1C1CCN(C2CCOCC2)CC1. The Balaban J connectivity index is 1.47. The van der Waals surface area contributed by atoms with Crippen molar-refractivity contribution in [1.29, 1.82) is 0 Å². The minimum absolute atomic E-state index is 0.00738. The maximum atomic E-state index is 9.08. The van der Waals surface area contributed by atoms with Gasteiger partial charge in [0, 0.05) is 50.8 Å². The average Bonchev–Trinajstić information content (AvgIpc) is 3.23. The maximum absolute atomic E-state index is 9.08. The molecule has 0 aliphatic carbocycles. The van der Waals surface area contributed by atoms with Gasteiger partial charge < -0.3 is 24.0 Å². The van der Waals surface area contributed by atoms with Crippen molar-refractivity contribution in [2.24, 2.45) is 0 Å². The largest absolute Gasteiger partial charge is 0.490 e. The first-order valence-corrected chi connectivity index (χ1v) is 10.0. The van der Waals surface area contributed by atoms with Crippen LogP contribution in [-0.2, 0) is 4.74 Å². The summed E-state index contributed by atoms with van der Waals surface area (Å²) < 4.78 is 13.5. The molecule has 2 fully saturated rings. The van der Waals surface area contributed by atoms with Crippen molar-refractivity contribution < 1.29 is 14.6 Å². The van der Waals surface area contributed by atoms with Gasteiger partial charge in [0.25, 0.3) is 0 Å². The van der Waals surface area contributed by atoms with E-state index in [4.69, 9.17) is 14.6 Å². The van der Waals surface area contributed by atoms with Crippen LogP contribution in [0.5, 0.6) is 5.75 Å². The molecule has 6 heteroatoms. The average molecular weight is 371 g/mol. The minimum Gasteiger partial charge on any atom is -0.490 e. The van der Waals surface area contributed by atoms with Crippen LogP contribution in [0.2, 0.25) is 0 Å². The molecule has 0 atom stereocenters. The van der Waals surface area contributed by atoms with E-state index in [-0.39, 0.29) is 6.61 Å². The molecule has 4 rings (SSSR count). The lowest BCUT2D eigenvalue weighted by atomic mass is 9.99. The molecule has 2 aliphatic rings. The van der Waals surface area contributed by atoms with Crippen molar-refractivity contribution in [3.63, 3.8) is 0 Å². The van der Waals surface area contributed by atoms with Crippen molar-refractivity contribution in [1.82, 2.24) is 14.5 Å². The first-order valence-electron chi connectivity index (χ1n) is 10.0. The Bertz CT molecular complexity index is 719. The third-order valence-electron chi connectivity index (χ3n) is 5.75. The summed E-state index contributed by atoms with van der Waals surface area (Å²) in [4.78, 5) is 7.28. The second-order valence-electron chi connectivity index (χ2n) is 7.34. The fraction of sp³-hybridized carbons (Fsp3) is 0.571. The summed E-state index contributed by atoms with van der Waals surface area (Å²) in [5.74, 6) is 1.73. The number of ether oxygens (including phenoxy) is 2. The van der Waals surface area contributed by atoms with E-state index in [1.807, 2.05) is 30.5 Å². The number of benzene rings is 1. The van der Waals surface area contributed by atoms with E-state index in [1.54, 1.807) is 0 Å². The van der Waals surface area contributed by atoms with Gasteiger partial charge in [0.05, 0.1) is 12.2 Å². The van der Waals surface area contributed by atoms with Crippen LogP contribution in [-0.4, -0.2) is 65.1 Å². The van der Waals surface area contributed by atoms with Gasteiger partial charge in [-0.2, -0.15) is 0 Å². The first-order chi connectivity index (χ1) is 13.4. The third kappa shape index (κ3) is 4.18. The number of aromatic nitrogens is 2. The summed E-state index contributed by atoms with van der Waals surface area (Å²) in [6.45, 7) is 4.38. The van der Waals surface area contributed by atoms with E-state index in [9.17, 15) is 0 Å². The number of aliphatic hydroxyl groups excluding tert-OH is 1. The second kappa shape index (κ2) is 8.87. The topological polar surface area (TPSA) is 59.8 Å². The number of para-hydroxylation sites is 1.